The van der Waals surface area contributed by atoms with Crippen LogP contribution in [0.3, 0.4) is 0 Å². The number of aliphatic hydroxyl groups is 1. The first-order valence-corrected chi connectivity index (χ1v) is 7.29. The van der Waals surface area contributed by atoms with Crippen molar-refractivity contribution in [1.82, 2.24) is 0 Å². The lowest BCUT2D eigenvalue weighted by Crippen LogP contribution is -2.03. The highest BCUT2D eigenvalue weighted by atomic mass is 79.9. The number of halogens is 2. The molecule has 1 aromatic carbocycles. The Hall–Kier alpha value is -0.350. The van der Waals surface area contributed by atoms with Gasteiger partial charge in [-0.25, -0.2) is 0 Å². The molecule has 90 valence electrons. The summed E-state index contributed by atoms with van der Waals surface area (Å²) in [6.07, 6.45) is 0.100. The Balaban J connectivity index is 2.23. The molecule has 0 aliphatic heterocycles. The maximum Gasteiger partial charge on any atom is 0.0841 e. The van der Waals surface area contributed by atoms with Crippen molar-refractivity contribution in [2.75, 3.05) is 0 Å². The van der Waals surface area contributed by atoms with E-state index in [1.165, 1.54) is 0 Å². The lowest BCUT2D eigenvalue weighted by atomic mass is 10.0. The largest absolute Gasteiger partial charge is 0.388 e. The molecule has 1 atom stereocenters. The van der Waals surface area contributed by atoms with Gasteiger partial charge in [0.25, 0.3) is 0 Å². The average Bonchev–Trinajstić information content (AvgIpc) is 2.68. The van der Waals surface area contributed by atoms with E-state index in [1.54, 1.807) is 11.3 Å². The molecule has 0 amide bonds. The maximum atomic E-state index is 10.2. The van der Waals surface area contributed by atoms with Crippen LogP contribution in [0.1, 0.15) is 22.1 Å². The van der Waals surface area contributed by atoms with Gasteiger partial charge in [-0.05, 0) is 51.5 Å². The number of benzene rings is 1. The molecular formula is C13H12BrClOS. The number of hydrogen-bond donors (Lipinski definition) is 1. The summed E-state index contributed by atoms with van der Waals surface area (Å²) in [6.45, 7) is 1.93. The Labute approximate surface area is 118 Å². The normalized spacial score (nSPS) is 12.7. The number of aliphatic hydroxyl groups excluding tert-OH is 1. The molecule has 0 radical (unpaired) electrons. The zero-order chi connectivity index (χ0) is 12.4. The van der Waals surface area contributed by atoms with Crippen LogP contribution in [0.25, 0.3) is 0 Å². The fraction of sp³-hybridized carbons (Fsp3) is 0.231. The molecule has 2 aromatic rings. The fourth-order valence-corrected chi connectivity index (χ4v) is 3.48. The Bertz CT molecular complexity index is 524. The van der Waals surface area contributed by atoms with E-state index in [9.17, 15) is 5.11 Å². The zero-order valence-corrected chi connectivity index (χ0v) is 12.4. The molecule has 0 aliphatic carbocycles. The molecule has 0 fully saturated rings. The van der Waals surface area contributed by atoms with Crippen molar-refractivity contribution in [3.05, 3.63) is 55.1 Å². The molecule has 2 rings (SSSR count). The van der Waals surface area contributed by atoms with Crippen molar-refractivity contribution in [2.24, 2.45) is 0 Å². The second-order valence-corrected chi connectivity index (χ2v) is 6.13. The van der Waals surface area contributed by atoms with Crippen molar-refractivity contribution >= 4 is 38.9 Å². The van der Waals surface area contributed by atoms with Crippen LogP contribution in [0, 0.1) is 6.92 Å². The van der Waals surface area contributed by atoms with Crippen molar-refractivity contribution in [3.8, 4) is 0 Å². The Morgan fingerprint density at radius 1 is 1.41 bits per heavy atom. The van der Waals surface area contributed by atoms with Crippen LogP contribution in [-0.4, -0.2) is 5.11 Å². The van der Waals surface area contributed by atoms with Crippen molar-refractivity contribution in [2.45, 2.75) is 19.4 Å². The van der Waals surface area contributed by atoms with E-state index < -0.39 is 6.10 Å². The van der Waals surface area contributed by atoms with Crippen LogP contribution >= 0.6 is 38.9 Å². The smallest absolute Gasteiger partial charge is 0.0841 e. The molecule has 1 unspecified atom stereocenters. The van der Waals surface area contributed by atoms with Crippen molar-refractivity contribution in [3.63, 3.8) is 0 Å². The highest BCUT2D eigenvalue weighted by molar-refractivity contribution is 9.10. The quantitative estimate of drug-likeness (QED) is 0.860. The third kappa shape index (κ3) is 2.91. The van der Waals surface area contributed by atoms with E-state index in [0.717, 1.165) is 20.5 Å². The van der Waals surface area contributed by atoms with Crippen LogP contribution in [0.2, 0.25) is 5.02 Å². The SMILES string of the molecule is Cc1c(Cl)cccc1C(O)Cc1sccc1Br. The van der Waals surface area contributed by atoms with Crippen LogP contribution in [0.4, 0.5) is 0 Å². The Morgan fingerprint density at radius 3 is 2.82 bits per heavy atom. The van der Waals surface area contributed by atoms with Crippen molar-refractivity contribution in [1.29, 1.82) is 0 Å². The van der Waals surface area contributed by atoms with Crippen LogP contribution in [0.15, 0.2) is 34.1 Å². The third-order valence-corrected chi connectivity index (χ3v) is 5.10. The molecule has 0 aliphatic rings. The summed E-state index contributed by atoms with van der Waals surface area (Å²) in [4.78, 5) is 1.15. The topological polar surface area (TPSA) is 20.2 Å². The Kier molecular flexibility index (Phi) is 4.26. The maximum absolute atomic E-state index is 10.2. The molecule has 1 N–H and O–H groups in total. The van der Waals surface area contributed by atoms with E-state index in [0.29, 0.717) is 11.4 Å². The number of thiophene rings is 1. The predicted octanol–water partition coefficient (Wildman–Crippen LogP) is 4.75. The molecule has 0 saturated carbocycles. The predicted molar refractivity (Wildman–Crippen MR) is 76.9 cm³/mol. The minimum absolute atomic E-state index is 0.511. The van der Waals surface area contributed by atoms with E-state index in [2.05, 4.69) is 15.9 Å². The molecule has 1 aromatic heterocycles. The van der Waals surface area contributed by atoms with Gasteiger partial charge in [-0.15, -0.1) is 11.3 Å². The summed E-state index contributed by atoms with van der Waals surface area (Å²) in [5.74, 6) is 0. The molecule has 0 bridgehead atoms. The van der Waals surface area contributed by atoms with Crippen LogP contribution in [-0.2, 0) is 6.42 Å². The van der Waals surface area contributed by atoms with E-state index >= 15 is 0 Å². The molecule has 0 spiro atoms. The molecular weight excluding hydrogens is 320 g/mol. The first-order chi connectivity index (χ1) is 8.09. The highest BCUT2D eigenvalue weighted by Gasteiger charge is 2.14. The van der Waals surface area contributed by atoms with Gasteiger partial charge in [-0.2, -0.15) is 0 Å². The minimum Gasteiger partial charge on any atom is -0.388 e. The second kappa shape index (κ2) is 5.53. The summed E-state index contributed by atoms with van der Waals surface area (Å²) in [5, 5.41) is 13.0. The lowest BCUT2D eigenvalue weighted by molar-refractivity contribution is 0.178. The van der Waals surface area contributed by atoms with Gasteiger partial charge in [0.2, 0.25) is 0 Å². The number of hydrogen-bond acceptors (Lipinski definition) is 2. The molecule has 1 heterocycles. The van der Waals surface area contributed by atoms with E-state index in [-0.39, 0.29) is 0 Å². The van der Waals surface area contributed by atoms with Crippen molar-refractivity contribution < 1.29 is 5.11 Å². The molecule has 1 nitrogen and oxygen atoms in total. The van der Waals surface area contributed by atoms with Gasteiger partial charge in [0.1, 0.15) is 0 Å². The molecule has 0 saturated heterocycles. The van der Waals surface area contributed by atoms with Gasteiger partial charge in [0, 0.05) is 20.8 Å². The monoisotopic (exact) mass is 330 g/mol. The van der Waals surface area contributed by atoms with E-state index in [1.807, 2.05) is 36.6 Å². The van der Waals surface area contributed by atoms with Gasteiger partial charge >= 0.3 is 0 Å². The van der Waals surface area contributed by atoms with Gasteiger partial charge in [-0.1, -0.05) is 23.7 Å². The first kappa shape index (κ1) is 13.1. The molecule has 17 heavy (non-hydrogen) atoms. The summed E-state index contributed by atoms with van der Waals surface area (Å²) in [5.41, 5.74) is 1.85. The summed E-state index contributed by atoms with van der Waals surface area (Å²) in [7, 11) is 0. The summed E-state index contributed by atoms with van der Waals surface area (Å²) >= 11 is 11.2. The average molecular weight is 332 g/mol. The standard InChI is InChI=1S/C13H12BrClOS/c1-8-9(3-2-4-11(8)15)12(16)7-13-10(14)5-6-17-13/h2-6,12,16H,7H2,1H3. The first-order valence-electron chi connectivity index (χ1n) is 5.24. The van der Waals surface area contributed by atoms with Gasteiger partial charge in [-0.3, -0.25) is 0 Å². The van der Waals surface area contributed by atoms with Crippen LogP contribution in [0.5, 0.6) is 0 Å². The number of rotatable bonds is 3. The minimum atomic E-state index is -0.511. The van der Waals surface area contributed by atoms with Gasteiger partial charge < -0.3 is 5.11 Å². The highest BCUT2D eigenvalue weighted by Crippen LogP contribution is 2.31. The second-order valence-electron chi connectivity index (χ2n) is 3.87. The molecule has 4 heteroatoms. The van der Waals surface area contributed by atoms with Crippen LogP contribution < -0.4 is 0 Å². The summed E-state index contributed by atoms with van der Waals surface area (Å²) in [6, 6.07) is 7.64. The van der Waals surface area contributed by atoms with Gasteiger partial charge in [0.15, 0.2) is 0 Å². The fourth-order valence-electron chi connectivity index (χ4n) is 1.74. The van der Waals surface area contributed by atoms with Gasteiger partial charge in [0.05, 0.1) is 6.10 Å². The summed E-state index contributed by atoms with van der Waals surface area (Å²) < 4.78 is 1.06. The Morgan fingerprint density at radius 2 is 2.18 bits per heavy atom. The third-order valence-electron chi connectivity index (χ3n) is 2.74. The zero-order valence-electron chi connectivity index (χ0n) is 9.28. The lowest BCUT2D eigenvalue weighted by Gasteiger charge is -2.14. The van der Waals surface area contributed by atoms with E-state index in [4.69, 9.17) is 11.6 Å².